The summed E-state index contributed by atoms with van der Waals surface area (Å²) in [5, 5.41) is 6.85. The number of likely N-dealkylation sites (N-methyl/N-ethyl adjacent to an activating group) is 1. The van der Waals surface area contributed by atoms with E-state index < -0.39 is 6.04 Å². The van der Waals surface area contributed by atoms with Gasteiger partial charge in [-0.15, -0.1) is 0 Å². The Morgan fingerprint density at radius 1 is 1.11 bits per heavy atom. The molecule has 11 nitrogen and oxygen atoms in total. The highest BCUT2D eigenvalue weighted by atomic mass is 35.5. The Morgan fingerprint density at radius 3 is 2.67 bits per heavy atom. The number of ether oxygens (including phenoxy) is 1. The lowest BCUT2D eigenvalue weighted by molar-refractivity contribution is -0.125. The third-order valence-corrected chi connectivity index (χ3v) is 9.41. The molecule has 0 aliphatic carbocycles. The fourth-order valence-electron chi connectivity index (χ4n) is 6.22. The summed E-state index contributed by atoms with van der Waals surface area (Å²) in [6.07, 6.45) is 4.44. The van der Waals surface area contributed by atoms with Gasteiger partial charge in [-0.3, -0.25) is 9.59 Å². The maximum atomic E-state index is 13.6. The summed E-state index contributed by atoms with van der Waals surface area (Å²) in [5.41, 5.74) is 3.46. The largest absolute Gasteiger partial charge is 0.381 e. The standard InChI is InChI=1S/C33H41ClN8O3/c1-20(28-6-5-7-29(38-28)41-13-10-25(19-41)40(3)4)36-31(43)21(2)42-18-23-9-8-22(16-26(23)32(42)44)30-27(34)17-35-33(39-30)37-24-11-14-45-15-12-24/h5-9,16-17,20-21,24-25H,10-15,18-19H2,1-4H3,(H,36,43)(H,35,37,39)/t20?,21?,25-/m0/s1. The molecule has 3 aromatic rings. The van der Waals surface area contributed by atoms with Gasteiger partial charge in [-0.2, -0.15) is 0 Å². The van der Waals surface area contributed by atoms with Gasteiger partial charge in [0, 0.05) is 56.1 Å². The van der Waals surface area contributed by atoms with E-state index in [2.05, 4.69) is 44.5 Å². The number of carbonyl (C=O) groups is 2. The van der Waals surface area contributed by atoms with Gasteiger partial charge in [0.25, 0.3) is 5.91 Å². The van der Waals surface area contributed by atoms with Gasteiger partial charge >= 0.3 is 0 Å². The molecule has 3 aliphatic heterocycles. The third-order valence-electron chi connectivity index (χ3n) is 9.14. The second-order valence-corrected chi connectivity index (χ2v) is 12.8. The second kappa shape index (κ2) is 13.3. The van der Waals surface area contributed by atoms with E-state index in [1.54, 1.807) is 18.0 Å². The number of aromatic nitrogens is 3. The number of rotatable bonds is 9. The van der Waals surface area contributed by atoms with Crippen LogP contribution in [0.5, 0.6) is 0 Å². The van der Waals surface area contributed by atoms with E-state index in [1.165, 1.54) is 0 Å². The van der Waals surface area contributed by atoms with Crippen molar-refractivity contribution in [3.63, 3.8) is 0 Å². The van der Waals surface area contributed by atoms with Gasteiger partial charge in [0.2, 0.25) is 11.9 Å². The average molecular weight is 633 g/mol. The molecule has 0 bridgehead atoms. The van der Waals surface area contributed by atoms with E-state index in [4.69, 9.17) is 21.3 Å². The van der Waals surface area contributed by atoms with Crippen molar-refractivity contribution in [2.45, 2.75) is 63.8 Å². The van der Waals surface area contributed by atoms with Gasteiger partial charge in [-0.05, 0) is 71.0 Å². The van der Waals surface area contributed by atoms with Crippen molar-refractivity contribution in [3.05, 3.63) is 64.4 Å². The lowest BCUT2D eigenvalue weighted by Gasteiger charge is -2.26. The number of halogens is 1. The zero-order valence-electron chi connectivity index (χ0n) is 26.3. The van der Waals surface area contributed by atoms with Crippen LogP contribution in [0.4, 0.5) is 11.8 Å². The summed E-state index contributed by atoms with van der Waals surface area (Å²) >= 11 is 6.52. The molecule has 2 N–H and O–H groups in total. The number of carbonyl (C=O) groups excluding carboxylic acids is 2. The Kier molecular flexibility index (Phi) is 9.21. The lowest BCUT2D eigenvalue weighted by Crippen LogP contribution is -2.46. The number of hydrogen-bond acceptors (Lipinski definition) is 9. The van der Waals surface area contributed by atoms with Gasteiger partial charge < -0.3 is 30.1 Å². The van der Waals surface area contributed by atoms with E-state index in [1.807, 2.05) is 43.3 Å². The number of anilines is 2. The van der Waals surface area contributed by atoms with Crippen LogP contribution >= 0.6 is 11.6 Å². The highest BCUT2D eigenvalue weighted by molar-refractivity contribution is 6.33. The molecule has 5 heterocycles. The number of benzene rings is 1. The Balaban J connectivity index is 1.11. The van der Waals surface area contributed by atoms with Gasteiger partial charge in [0.1, 0.15) is 11.9 Å². The number of nitrogens with one attached hydrogen (secondary N) is 2. The lowest BCUT2D eigenvalue weighted by atomic mass is 10.0. The zero-order valence-corrected chi connectivity index (χ0v) is 27.0. The van der Waals surface area contributed by atoms with Crippen molar-refractivity contribution in [2.75, 3.05) is 50.6 Å². The molecule has 2 amide bonds. The molecular weight excluding hydrogens is 592 g/mol. The fraction of sp³-hybridized carbons (Fsp3) is 0.485. The number of amides is 2. The average Bonchev–Trinajstić information content (AvgIpc) is 3.67. The van der Waals surface area contributed by atoms with Crippen LogP contribution in [-0.4, -0.2) is 95.1 Å². The van der Waals surface area contributed by atoms with Crippen molar-refractivity contribution in [1.82, 2.24) is 30.1 Å². The summed E-state index contributed by atoms with van der Waals surface area (Å²) in [4.78, 5) is 47.1. The van der Waals surface area contributed by atoms with Crippen LogP contribution in [0.15, 0.2) is 42.6 Å². The molecule has 1 aromatic carbocycles. The predicted octanol–water partition coefficient (Wildman–Crippen LogP) is 4.14. The van der Waals surface area contributed by atoms with Gasteiger partial charge in [-0.1, -0.05) is 29.8 Å². The van der Waals surface area contributed by atoms with Crippen LogP contribution < -0.4 is 15.5 Å². The molecule has 12 heteroatoms. The van der Waals surface area contributed by atoms with Crippen molar-refractivity contribution in [2.24, 2.45) is 0 Å². The maximum Gasteiger partial charge on any atom is 0.255 e. The Bertz CT molecular complexity index is 1560. The highest BCUT2D eigenvalue weighted by Crippen LogP contribution is 2.33. The van der Waals surface area contributed by atoms with Crippen LogP contribution in [0, 0.1) is 0 Å². The van der Waals surface area contributed by atoms with Crippen LogP contribution in [0.3, 0.4) is 0 Å². The molecule has 2 unspecified atom stereocenters. The molecule has 6 rings (SSSR count). The van der Waals surface area contributed by atoms with Crippen molar-refractivity contribution < 1.29 is 14.3 Å². The molecule has 45 heavy (non-hydrogen) atoms. The SMILES string of the molecule is CC(NC(=O)C(C)N1Cc2ccc(-c3nc(NC4CCOCC4)ncc3Cl)cc2C1=O)c1cccc(N2CC[C@H](N(C)C)C2)n1. The monoisotopic (exact) mass is 632 g/mol. The van der Waals surface area contributed by atoms with Gasteiger partial charge in [0.15, 0.2) is 0 Å². The molecule has 0 spiro atoms. The highest BCUT2D eigenvalue weighted by Gasteiger charge is 2.35. The quantitative estimate of drug-likeness (QED) is 0.359. The number of hydrogen-bond donors (Lipinski definition) is 2. The molecule has 0 saturated carbocycles. The molecule has 0 radical (unpaired) electrons. The van der Waals surface area contributed by atoms with E-state index in [0.717, 1.165) is 55.0 Å². The number of pyridine rings is 1. The summed E-state index contributed by atoms with van der Waals surface area (Å²) in [6.45, 7) is 7.33. The van der Waals surface area contributed by atoms with Gasteiger partial charge in [0.05, 0.1) is 28.6 Å². The zero-order chi connectivity index (χ0) is 31.7. The molecule has 3 atom stereocenters. The van der Waals surface area contributed by atoms with Crippen LogP contribution in [-0.2, 0) is 16.1 Å². The second-order valence-electron chi connectivity index (χ2n) is 12.4. The molecule has 2 saturated heterocycles. The number of fused-ring (bicyclic) bond motifs is 1. The van der Waals surface area contributed by atoms with E-state index in [9.17, 15) is 9.59 Å². The van der Waals surface area contributed by atoms with E-state index >= 15 is 0 Å². The molecule has 238 valence electrons. The van der Waals surface area contributed by atoms with E-state index in [0.29, 0.717) is 48.0 Å². The minimum absolute atomic E-state index is 0.197. The van der Waals surface area contributed by atoms with Gasteiger partial charge in [-0.25, -0.2) is 15.0 Å². The van der Waals surface area contributed by atoms with Crippen LogP contribution in [0.2, 0.25) is 5.02 Å². The molecule has 2 aromatic heterocycles. The van der Waals surface area contributed by atoms with Crippen molar-refractivity contribution in [3.8, 4) is 11.3 Å². The summed E-state index contributed by atoms with van der Waals surface area (Å²) in [7, 11) is 4.21. The maximum absolute atomic E-state index is 13.6. The smallest absolute Gasteiger partial charge is 0.255 e. The van der Waals surface area contributed by atoms with E-state index in [-0.39, 0.29) is 23.9 Å². The normalized spacial score (nSPS) is 20.0. The van der Waals surface area contributed by atoms with Crippen molar-refractivity contribution in [1.29, 1.82) is 0 Å². The summed E-state index contributed by atoms with van der Waals surface area (Å²) < 4.78 is 5.44. The first kappa shape index (κ1) is 31.2. The Labute approximate surface area is 269 Å². The Hall–Kier alpha value is -3.80. The van der Waals surface area contributed by atoms with Crippen LogP contribution in [0.25, 0.3) is 11.3 Å². The minimum atomic E-state index is -0.670. The topological polar surface area (TPSA) is 116 Å². The predicted molar refractivity (Wildman–Crippen MR) is 174 cm³/mol. The first-order valence-corrected chi connectivity index (χ1v) is 16.1. The molecule has 3 aliphatic rings. The Morgan fingerprint density at radius 2 is 1.91 bits per heavy atom. The third kappa shape index (κ3) is 6.75. The van der Waals surface area contributed by atoms with Crippen molar-refractivity contribution >= 4 is 35.2 Å². The fourth-order valence-corrected chi connectivity index (χ4v) is 6.43. The first-order chi connectivity index (χ1) is 21.7. The summed E-state index contributed by atoms with van der Waals surface area (Å²) in [6, 6.07) is 11.3. The summed E-state index contributed by atoms with van der Waals surface area (Å²) in [5.74, 6) is 0.986. The minimum Gasteiger partial charge on any atom is -0.381 e. The first-order valence-electron chi connectivity index (χ1n) is 15.7. The number of nitrogens with zero attached hydrogens (tertiary/aromatic N) is 6. The molecular formula is C33H41ClN8O3. The van der Waals surface area contributed by atoms with Crippen LogP contribution in [0.1, 0.15) is 60.8 Å². The molecule has 2 fully saturated rings.